The van der Waals surface area contributed by atoms with Crippen LogP contribution in [0, 0.1) is 11.8 Å². The lowest BCUT2D eigenvalue weighted by molar-refractivity contribution is 0.276. The molecule has 0 saturated heterocycles. The third kappa shape index (κ3) is 4.62. The standard InChI is InChI=1S/C17H31N3/c1-14(2)18-13-16-8-6-4-5-7-15(16)9-10-17-11-12-19-20(17)3/h11-12,14-16,18H,4-10,13H2,1-3H3. The van der Waals surface area contributed by atoms with Crippen LogP contribution in [0.4, 0.5) is 0 Å². The van der Waals surface area contributed by atoms with E-state index >= 15 is 0 Å². The molecule has 0 amide bonds. The molecular formula is C17H31N3. The van der Waals surface area contributed by atoms with Crippen molar-refractivity contribution in [3.05, 3.63) is 18.0 Å². The minimum atomic E-state index is 0.607. The lowest BCUT2D eigenvalue weighted by Crippen LogP contribution is -2.32. The van der Waals surface area contributed by atoms with Crippen LogP contribution >= 0.6 is 0 Å². The summed E-state index contributed by atoms with van der Waals surface area (Å²) in [5, 5.41) is 7.94. The Balaban J connectivity index is 1.88. The molecule has 0 aliphatic heterocycles. The number of nitrogens with zero attached hydrogens (tertiary/aromatic N) is 2. The summed E-state index contributed by atoms with van der Waals surface area (Å²) >= 11 is 0. The minimum absolute atomic E-state index is 0.607. The number of nitrogens with one attached hydrogen (secondary N) is 1. The fourth-order valence-corrected chi connectivity index (χ4v) is 3.48. The normalized spacial score (nSPS) is 24.0. The lowest BCUT2D eigenvalue weighted by Gasteiger charge is -2.26. The first kappa shape index (κ1) is 15.6. The van der Waals surface area contributed by atoms with Gasteiger partial charge in [0.15, 0.2) is 0 Å². The maximum absolute atomic E-state index is 4.28. The van der Waals surface area contributed by atoms with Gasteiger partial charge in [0.1, 0.15) is 0 Å². The van der Waals surface area contributed by atoms with Gasteiger partial charge in [-0.1, -0.05) is 39.5 Å². The molecule has 1 heterocycles. The topological polar surface area (TPSA) is 29.9 Å². The maximum atomic E-state index is 4.28. The van der Waals surface area contributed by atoms with Gasteiger partial charge in [-0.05, 0) is 43.7 Å². The molecule has 1 saturated carbocycles. The smallest absolute Gasteiger partial charge is 0.0492 e. The molecule has 114 valence electrons. The molecule has 0 radical (unpaired) electrons. The zero-order chi connectivity index (χ0) is 14.4. The van der Waals surface area contributed by atoms with E-state index in [9.17, 15) is 0 Å². The van der Waals surface area contributed by atoms with Gasteiger partial charge in [0.05, 0.1) is 0 Å². The van der Waals surface area contributed by atoms with E-state index in [1.807, 2.05) is 10.9 Å². The highest BCUT2D eigenvalue weighted by Gasteiger charge is 2.23. The van der Waals surface area contributed by atoms with Crippen molar-refractivity contribution in [2.45, 2.75) is 64.8 Å². The van der Waals surface area contributed by atoms with Crippen LogP contribution in [-0.2, 0) is 13.5 Å². The van der Waals surface area contributed by atoms with Crippen LogP contribution in [-0.4, -0.2) is 22.4 Å². The first-order valence-corrected chi connectivity index (χ1v) is 8.37. The molecule has 1 aliphatic carbocycles. The van der Waals surface area contributed by atoms with Crippen LogP contribution in [0.3, 0.4) is 0 Å². The molecule has 2 rings (SSSR count). The summed E-state index contributed by atoms with van der Waals surface area (Å²) < 4.78 is 2.03. The molecule has 3 heteroatoms. The van der Waals surface area contributed by atoms with Gasteiger partial charge in [-0.2, -0.15) is 5.10 Å². The van der Waals surface area contributed by atoms with E-state index in [-0.39, 0.29) is 0 Å². The van der Waals surface area contributed by atoms with Gasteiger partial charge in [-0.3, -0.25) is 4.68 Å². The monoisotopic (exact) mass is 277 g/mol. The second-order valence-electron chi connectivity index (χ2n) is 6.71. The van der Waals surface area contributed by atoms with Crippen LogP contribution in [0.15, 0.2) is 12.3 Å². The van der Waals surface area contributed by atoms with Gasteiger partial charge < -0.3 is 5.32 Å². The molecule has 20 heavy (non-hydrogen) atoms. The highest BCUT2D eigenvalue weighted by molar-refractivity contribution is 5.00. The molecular weight excluding hydrogens is 246 g/mol. The number of hydrogen-bond acceptors (Lipinski definition) is 2. The Kier molecular flexibility index (Phi) is 6.08. The van der Waals surface area contributed by atoms with Crippen LogP contribution < -0.4 is 5.32 Å². The Bertz CT molecular complexity index is 383. The van der Waals surface area contributed by atoms with Crippen molar-refractivity contribution in [3.8, 4) is 0 Å². The fourth-order valence-electron chi connectivity index (χ4n) is 3.48. The Hall–Kier alpha value is -0.830. The predicted molar refractivity (Wildman–Crippen MR) is 84.7 cm³/mol. The summed E-state index contributed by atoms with van der Waals surface area (Å²) in [6.45, 7) is 5.70. The second kappa shape index (κ2) is 7.82. The molecule has 1 aliphatic rings. The highest BCUT2D eigenvalue weighted by Crippen LogP contribution is 2.31. The van der Waals surface area contributed by atoms with Crippen LogP contribution in [0.2, 0.25) is 0 Å². The molecule has 2 atom stereocenters. The van der Waals surface area contributed by atoms with E-state index in [1.54, 1.807) is 0 Å². The first-order chi connectivity index (χ1) is 9.66. The Morgan fingerprint density at radius 2 is 2.00 bits per heavy atom. The van der Waals surface area contributed by atoms with Crippen molar-refractivity contribution < 1.29 is 0 Å². The third-order valence-corrected chi connectivity index (χ3v) is 4.80. The third-order valence-electron chi connectivity index (χ3n) is 4.80. The molecule has 3 nitrogen and oxygen atoms in total. The van der Waals surface area contributed by atoms with Crippen LogP contribution in [0.1, 0.15) is 58.1 Å². The van der Waals surface area contributed by atoms with Gasteiger partial charge >= 0.3 is 0 Å². The molecule has 0 spiro atoms. The summed E-state index contributed by atoms with van der Waals surface area (Å²) in [5.41, 5.74) is 1.38. The van der Waals surface area contributed by atoms with Gasteiger partial charge in [0, 0.05) is 25.0 Å². The summed E-state index contributed by atoms with van der Waals surface area (Å²) in [7, 11) is 2.06. The quantitative estimate of drug-likeness (QED) is 0.806. The van der Waals surface area contributed by atoms with Crippen LogP contribution in [0.25, 0.3) is 0 Å². The summed E-state index contributed by atoms with van der Waals surface area (Å²) in [6, 6.07) is 2.77. The largest absolute Gasteiger partial charge is 0.314 e. The number of aromatic nitrogens is 2. The molecule has 2 unspecified atom stereocenters. The molecule has 0 aromatic carbocycles. The fraction of sp³-hybridized carbons (Fsp3) is 0.824. The van der Waals surface area contributed by atoms with Gasteiger partial charge in [-0.15, -0.1) is 0 Å². The van der Waals surface area contributed by atoms with Gasteiger partial charge in [0.2, 0.25) is 0 Å². The summed E-state index contributed by atoms with van der Waals surface area (Å²) in [6.07, 6.45) is 11.5. The predicted octanol–water partition coefficient (Wildman–Crippen LogP) is 3.55. The maximum Gasteiger partial charge on any atom is 0.0492 e. The van der Waals surface area contributed by atoms with Crippen molar-refractivity contribution in [1.82, 2.24) is 15.1 Å². The van der Waals surface area contributed by atoms with E-state index in [2.05, 4.69) is 37.4 Å². The number of hydrogen-bond donors (Lipinski definition) is 1. The highest BCUT2D eigenvalue weighted by atomic mass is 15.2. The zero-order valence-corrected chi connectivity index (χ0v) is 13.4. The number of aryl methyl sites for hydroxylation is 2. The average Bonchev–Trinajstić information content (AvgIpc) is 2.70. The van der Waals surface area contributed by atoms with E-state index in [1.165, 1.54) is 57.2 Å². The van der Waals surface area contributed by atoms with Gasteiger partial charge in [-0.25, -0.2) is 0 Å². The van der Waals surface area contributed by atoms with Crippen molar-refractivity contribution in [2.24, 2.45) is 18.9 Å². The van der Waals surface area contributed by atoms with E-state index in [0.29, 0.717) is 6.04 Å². The number of rotatable bonds is 6. The van der Waals surface area contributed by atoms with Crippen LogP contribution in [0.5, 0.6) is 0 Å². The molecule has 1 fully saturated rings. The average molecular weight is 277 g/mol. The van der Waals surface area contributed by atoms with E-state index in [0.717, 1.165) is 11.8 Å². The SMILES string of the molecule is CC(C)NCC1CCCCCC1CCc1ccnn1C. The Morgan fingerprint density at radius 1 is 1.25 bits per heavy atom. The molecule has 1 N–H and O–H groups in total. The lowest BCUT2D eigenvalue weighted by atomic mass is 9.84. The summed E-state index contributed by atoms with van der Waals surface area (Å²) in [5.74, 6) is 1.76. The van der Waals surface area contributed by atoms with E-state index < -0.39 is 0 Å². The van der Waals surface area contributed by atoms with Crippen molar-refractivity contribution in [3.63, 3.8) is 0 Å². The van der Waals surface area contributed by atoms with Gasteiger partial charge in [0.25, 0.3) is 0 Å². The second-order valence-corrected chi connectivity index (χ2v) is 6.71. The van der Waals surface area contributed by atoms with Crippen molar-refractivity contribution >= 4 is 0 Å². The zero-order valence-electron chi connectivity index (χ0n) is 13.4. The van der Waals surface area contributed by atoms with E-state index in [4.69, 9.17) is 0 Å². The van der Waals surface area contributed by atoms with Crippen molar-refractivity contribution in [1.29, 1.82) is 0 Å². The minimum Gasteiger partial charge on any atom is -0.314 e. The molecule has 0 bridgehead atoms. The molecule has 1 aromatic rings. The van der Waals surface area contributed by atoms with Crippen molar-refractivity contribution in [2.75, 3.05) is 6.54 Å². The Morgan fingerprint density at radius 3 is 2.65 bits per heavy atom. The first-order valence-electron chi connectivity index (χ1n) is 8.37. The summed E-state index contributed by atoms with van der Waals surface area (Å²) in [4.78, 5) is 0. The molecule has 1 aromatic heterocycles. The Labute approximate surface area is 124 Å².